The van der Waals surface area contributed by atoms with Gasteiger partial charge >= 0.3 is 0 Å². The lowest BCUT2D eigenvalue weighted by Gasteiger charge is -2.22. The minimum Gasteiger partial charge on any atom is -0.492 e. The highest BCUT2D eigenvalue weighted by Gasteiger charge is 2.14. The number of para-hydroxylation sites is 1. The molecule has 6 heteroatoms. The second-order valence-corrected chi connectivity index (χ2v) is 6.19. The Kier molecular flexibility index (Phi) is 11.6. The van der Waals surface area contributed by atoms with Gasteiger partial charge in [-0.25, -0.2) is 0 Å². The lowest BCUT2D eigenvalue weighted by molar-refractivity contribution is 0.0573. The monoisotopic (exact) mass is 461 g/mol. The van der Waals surface area contributed by atoms with Gasteiger partial charge in [0.05, 0.1) is 12.6 Å². The lowest BCUT2D eigenvalue weighted by atomic mass is 10.3. The first-order chi connectivity index (χ1) is 11.8. The van der Waals surface area contributed by atoms with Gasteiger partial charge < -0.3 is 19.7 Å². The second-order valence-electron chi connectivity index (χ2n) is 6.19. The Morgan fingerprint density at radius 2 is 1.92 bits per heavy atom. The van der Waals surface area contributed by atoms with Crippen LogP contribution in [0.2, 0.25) is 0 Å². The number of nitrogens with one attached hydrogen (secondary N) is 1. The number of hydrogen-bond donors (Lipinski definition) is 1. The minimum absolute atomic E-state index is 0. The highest BCUT2D eigenvalue weighted by Crippen LogP contribution is 2.20. The third-order valence-electron chi connectivity index (χ3n) is 4.27. The molecule has 142 valence electrons. The average molecular weight is 461 g/mol. The summed E-state index contributed by atoms with van der Waals surface area (Å²) >= 11 is 0. The molecule has 1 aromatic rings. The number of halogens is 1. The zero-order chi connectivity index (χ0) is 17.0. The summed E-state index contributed by atoms with van der Waals surface area (Å²) in [6, 6.07) is 9.89. The molecule has 0 aromatic heterocycles. The maximum atomic E-state index is 5.88. The maximum Gasteiger partial charge on any atom is 0.193 e. The number of ether oxygens (including phenoxy) is 2. The fraction of sp³-hybridized carbons (Fsp3) is 0.632. The van der Waals surface area contributed by atoms with E-state index in [1.807, 2.05) is 44.4 Å². The first kappa shape index (κ1) is 22.0. The van der Waals surface area contributed by atoms with Crippen molar-refractivity contribution < 1.29 is 9.47 Å². The molecule has 1 fully saturated rings. The summed E-state index contributed by atoms with van der Waals surface area (Å²) < 4.78 is 11.6. The topological polar surface area (TPSA) is 46.1 Å². The van der Waals surface area contributed by atoms with Crippen LogP contribution in [0.25, 0.3) is 0 Å². The van der Waals surface area contributed by atoms with Gasteiger partial charge in [0.15, 0.2) is 5.96 Å². The molecule has 25 heavy (non-hydrogen) atoms. The highest BCUT2D eigenvalue weighted by atomic mass is 127. The molecule has 0 spiro atoms. The zero-order valence-electron chi connectivity index (χ0n) is 15.4. The summed E-state index contributed by atoms with van der Waals surface area (Å²) in [5, 5.41) is 3.38. The largest absolute Gasteiger partial charge is 0.492 e. The van der Waals surface area contributed by atoms with Crippen LogP contribution >= 0.6 is 24.0 Å². The quantitative estimate of drug-likeness (QED) is 0.265. The Morgan fingerprint density at radius 3 is 2.60 bits per heavy atom. The highest BCUT2D eigenvalue weighted by molar-refractivity contribution is 14.0. The average Bonchev–Trinajstić information content (AvgIpc) is 3.12. The summed E-state index contributed by atoms with van der Waals surface area (Å²) in [6.07, 6.45) is 6.63. The SMILES string of the molecule is CN=C(NCCCOC1CCCC1)N(C)CCOc1ccccc1.I. The fourth-order valence-corrected chi connectivity index (χ4v) is 2.89. The third-order valence-corrected chi connectivity index (χ3v) is 4.27. The van der Waals surface area contributed by atoms with Gasteiger partial charge in [-0.15, -0.1) is 24.0 Å². The molecule has 5 nitrogen and oxygen atoms in total. The molecule has 0 heterocycles. The molecule has 1 aliphatic rings. The molecule has 1 aliphatic carbocycles. The standard InChI is InChI=1S/C19H31N3O2.HI/c1-20-19(21-13-8-15-23-17-11-6-7-12-17)22(2)14-16-24-18-9-4-3-5-10-18;/h3-5,9-10,17H,6-8,11-16H2,1-2H3,(H,20,21);1H. The van der Waals surface area contributed by atoms with Crippen molar-refractivity contribution in [1.29, 1.82) is 0 Å². The van der Waals surface area contributed by atoms with Crippen LogP contribution < -0.4 is 10.1 Å². The van der Waals surface area contributed by atoms with Crippen LogP contribution in [-0.2, 0) is 4.74 Å². The molecular weight excluding hydrogens is 429 g/mol. The van der Waals surface area contributed by atoms with Crippen molar-refractivity contribution in [2.24, 2.45) is 4.99 Å². The van der Waals surface area contributed by atoms with Gasteiger partial charge in [0, 0.05) is 27.2 Å². The Morgan fingerprint density at radius 1 is 1.20 bits per heavy atom. The second kappa shape index (κ2) is 13.2. The normalized spacial score (nSPS) is 14.9. The first-order valence-corrected chi connectivity index (χ1v) is 9.01. The van der Waals surface area contributed by atoms with Gasteiger partial charge in [0.25, 0.3) is 0 Å². The Hall–Kier alpha value is -1.02. The molecule has 0 amide bonds. The van der Waals surface area contributed by atoms with Gasteiger partial charge in [-0.1, -0.05) is 31.0 Å². The van der Waals surface area contributed by atoms with Gasteiger partial charge in [0.2, 0.25) is 0 Å². The Balaban J connectivity index is 0.00000312. The number of nitrogens with zero attached hydrogens (tertiary/aromatic N) is 2. The van der Waals surface area contributed by atoms with Crippen molar-refractivity contribution in [3.63, 3.8) is 0 Å². The molecular formula is C19H32IN3O2. The van der Waals surface area contributed by atoms with Crippen LogP contribution in [0.4, 0.5) is 0 Å². The molecule has 1 saturated carbocycles. The molecule has 0 aliphatic heterocycles. The minimum atomic E-state index is 0. The summed E-state index contributed by atoms with van der Waals surface area (Å²) in [4.78, 5) is 6.41. The van der Waals surface area contributed by atoms with E-state index in [1.165, 1.54) is 25.7 Å². The van der Waals surface area contributed by atoms with Crippen molar-refractivity contribution in [2.75, 3.05) is 40.4 Å². The fourth-order valence-electron chi connectivity index (χ4n) is 2.89. The summed E-state index contributed by atoms with van der Waals surface area (Å²) in [5.41, 5.74) is 0. The number of rotatable bonds is 9. The van der Waals surface area contributed by atoms with E-state index in [-0.39, 0.29) is 24.0 Å². The third kappa shape index (κ3) is 8.76. The van der Waals surface area contributed by atoms with Crippen LogP contribution in [0, 0.1) is 0 Å². The van der Waals surface area contributed by atoms with Gasteiger partial charge in [-0.05, 0) is 31.4 Å². The predicted octanol–water partition coefficient (Wildman–Crippen LogP) is 3.54. The molecule has 0 atom stereocenters. The Bertz CT molecular complexity index is 479. The van der Waals surface area contributed by atoms with E-state index >= 15 is 0 Å². The molecule has 0 saturated heterocycles. The van der Waals surface area contributed by atoms with Crippen LogP contribution in [0.1, 0.15) is 32.1 Å². The number of aliphatic imine (C=N–C) groups is 1. The summed E-state index contributed by atoms with van der Waals surface area (Å²) in [6.45, 7) is 3.12. The molecule has 2 rings (SSSR count). The van der Waals surface area contributed by atoms with E-state index < -0.39 is 0 Å². The number of benzene rings is 1. The van der Waals surface area contributed by atoms with E-state index in [0.717, 1.165) is 37.8 Å². The van der Waals surface area contributed by atoms with Crippen molar-refractivity contribution in [1.82, 2.24) is 10.2 Å². The predicted molar refractivity (Wildman–Crippen MR) is 114 cm³/mol. The molecule has 0 unspecified atom stereocenters. The van der Waals surface area contributed by atoms with Gasteiger partial charge in [-0.2, -0.15) is 0 Å². The smallest absolute Gasteiger partial charge is 0.193 e. The van der Waals surface area contributed by atoms with Crippen LogP contribution in [0.5, 0.6) is 5.75 Å². The van der Waals surface area contributed by atoms with Gasteiger partial charge in [-0.3, -0.25) is 4.99 Å². The Labute approximate surface area is 169 Å². The molecule has 1 aromatic carbocycles. The van der Waals surface area contributed by atoms with Crippen molar-refractivity contribution in [3.05, 3.63) is 30.3 Å². The van der Waals surface area contributed by atoms with Crippen LogP contribution in [-0.4, -0.2) is 57.4 Å². The zero-order valence-corrected chi connectivity index (χ0v) is 17.8. The van der Waals surface area contributed by atoms with E-state index in [1.54, 1.807) is 0 Å². The van der Waals surface area contributed by atoms with E-state index in [0.29, 0.717) is 12.7 Å². The van der Waals surface area contributed by atoms with Crippen molar-refractivity contribution in [3.8, 4) is 5.75 Å². The van der Waals surface area contributed by atoms with Crippen LogP contribution in [0.3, 0.4) is 0 Å². The van der Waals surface area contributed by atoms with E-state index in [2.05, 4.69) is 15.2 Å². The number of hydrogen-bond acceptors (Lipinski definition) is 3. The van der Waals surface area contributed by atoms with E-state index in [4.69, 9.17) is 9.47 Å². The summed E-state index contributed by atoms with van der Waals surface area (Å²) in [5.74, 6) is 1.80. The first-order valence-electron chi connectivity index (χ1n) is 9.01. The van der Waals surface area contributed by atoms with Crippen molar-refractivity contribution >= 4 is 29.9 Å². The summed E-state index contributed by atoms with van der Waals surface area (Å²) in [7, 11) is 3.84. The number of guanidine groups is 1. The van der Waals surface area contributed by atoms with Gasteiger partial charge in [0.1, 0.15) is 12.4 Å². The number of likely N-dealkylation sites (N-methyl/N-ethyl adjacent to an activating group) is 1. The van der Waals surface area contributed by atoms with Crippen LogP contribution in [0.15, 0.2) is 35.3 Å². The molecule has 1 N–H and O–H groups in total. The van der Waals surface area contributed by atoms with Crippen molar-refractivity contribution in [2.45, 2.75) is 38.2 Å². The maximum absolute atomic E-state index is 5.88. The van der Waals surface area contributed by atoms with E-state index in [9.17, 15) is 0 Å². The lowest BCUT2D eigenvalue weighted by Crippen LogP contribution is -2.41. The molecule has 0 bridgehead atoms. The molecule has 0 radical (unpaired) electrons.